The van der Waals surface area contributed by atoms with E-state index in [1.54, 1.807) is 11.9 Å². The fourth-order valence-electron chi connectivity index (χ4n) is 1.20. The minimum Gasteiger partial charge on any atom is -0.481 e. The average Bonchev–Trinajstić information content (AvgIpc) is 2.25. The summed E-state index contributed by atoms with van der Waals surface area (Å²) in [5.41, 5.74) is 0. The molecule has 2 N–H and O–H groups in total. The molecule has 0 aromatic heterocycles. The van der Waals surface area contributed by atoms with Crippen LogP contribution >= 0.6 is 0 Å². The lowest BCUT2D eigenvalue weighted by Gasteiger charge is -2.24. The van der Waals surface area contributed by atoms with Crippen molar-refractivity contribution in [2.75, 3.05) is 13.6 Å². The smallest absolute Gasteiger partial charge is 0.317 e. The van der Waals surface area contributed by atoms with Crippen molar-refractivity contribution in [2.45, 2.75) is 45.6 Å². The van der Waals surface area contributed by atoms with Gasteiger partial charge in [-0.2, -0.15) is 0 Å². The second kappa shape index (κ2) is 7.96. The summed E-state index contributed by atoms with van der Waals surface area (Å²) in [5, 5.41) is 11.2. The summed E-state index contributed by atoms with van der Waals surface area (Å²) in [7, 11) is 1.76. The molecule has 0 saturated carbocycles. The van der Waals surface area contributed by atoms with Crippen LogP contribution in [-0.2, 0) is 4.79 Å². The molecule has 94 valence electrons. The van der Waals surface area contributed by atoms with Gasteiger partial charge in [-0.3, -0.25) is 4.79 Å². The first kappa shape index (κ1) is 14.7. The van der Waals surface area contributed by atoms with Crippen molar-refractivity contribution in [3.8, 4) is 0 Å². The fraction of sp³-hybridized carbons (Fsp3) is 0.818. The summed E-state index contributed by atoms with van der Waals surface area (Å²) in [5.74, 6) is -0.789. The number of unbranched alkanes of at least 4 members (excludes halogenated alkanes) is 1. The van der Waals surface area contributed by atoms with Gasteiger partial charge in [0.1, 0.15) is 0 Å². The molecule has 0 saturated heterocycles. The van der Waals surface area contributed by atoms with Crippen molar-refractivity contribution in [3.05, 3.63) is 0 Å². The van der Waals surface area contributed by atoms with Crippen LogP contribution in [0.5, 0.6) is 0 Å². The number of amides is 2. The van der Waals surface area contributed by atoms with Gasteiger partial charge in [0.2, 0.25) is 0 Å². The van der Waals surface area contributed by atoms with Crippen molar-refractivity contribution in [1.82, 2.24) is 10.2 Å². The molecule has 16 heavy (non-hydrogen) atoms. The van der Waals surface area contributed by atoms with Crippen LogP contribution in [0.4, 0.5) is 4.79 Å². The van der Waals surface area contributed by atoms with Crippen molar-refractivity contribution in [1.29, 1.82) is 0 Å². The predicted molar refractivity (Wildman–Crippen MR) is 62.4 cm³/mol. The fourth-order valence-corrected chi connectivity index (χ4v) is 1.20. The molecule has 1 unspecified atom stereocenters. The number of aliphatic carboxylic acids is 1. The zero-order valence-corrected chi connectivity index (χ0v) is 10.3. The molecule has 2 amide bonds. The second-order valence-corrected chi connectivity index (χ2v) is 3.95. The van der Waals surface area contributed by atoms with Gasteiger partial charge < -0.3 is 15.3 Å². The molecular formula is C11H22N2O3. The summed E-state index contributed by atoms with van der Waals surface area (Å²) < 4.78 is 0. The average molecular weight is 230 g/mol. The van der Waals surface area contributed by atoms with Crippen LogP contribution < -0.4 is 5.32 Å². The summed E-state index contributed by atoms with van der Waals surface area (Å²) in [4.78, 5) is 23.4. The molecule has 0 aliphatic rings. The van der Waals surface area contributed by atoms with E-state index in [1.807, 2.05) is 13.8 Å². The van der Waals surface area contributed by atoms with Crippen LogP contribution in [0.1, 0.15) is 39.5 Å². The molecule has 0 heterocycles. The molecule has 0 radical (unpaired) electrons. The third-order valence-corrected chi connectivity index (χ3v) is 2.67. The van der Waals surface area contributed by atoms with Crippen LogP contribution in [-0.4, -0.2) is 41.6 Å². The zero-order chi connectivity index (χ0) is 12.6. The molecule has 0 rings (SSSR count). The quantitative estimate of drug-likeness (QED) is 0.654. The van der Waals surface area contributed by atoms with Crippen molar-refractivity contribution < 1.29 is 14.7 Å². The van der Waals surface area contributed by atoms with Gasteiger partial charge in [0, 0.05) is 26.1 Å². The summed E-state index contributed by atoms with van der Waals surface area (Å²) in [6.07, 6.45) is 2.38. The minimum atomic E-state index is -0.789. The number of carboxylic acid groups (broad SMARTS) is 1. The molecule has 0 aliphatic carbocycles. The van der Waals surface area contributed by atoms with Crippen LogP contribution in [0, 0.1) is 0 Å². The Balaban J connectivity index is 3.61. The third-order valence-electron chi connectivity index (χ3n) is 2.67. The normalized spacial score (nSPS) is 11.9. The molecular weight excluding hydrogens is 208 g/mol. The Morgan fingerprint density at radius 1 is 1.38 bits per heavy atom. The molecule has 1 atom stereocenters. The van der Waals surface area contributed by atoms with Gasteiger partial charge in [-0.15, -0.1) is 0 Å². The topological polar surface area (TPSA) is 69.6 Å². The molecule has 0 aromatic rings. The number of hydrogen-bond donors (Lipinski definition) is 2. The number of nitrogens with one attached hydrogen (secondary N) is 1. The Kier molecular flexibility index (Phi) is 7.33. The molecule has 0 aliphatic heterocycles. The number of rotatable bonds is 7. The lowest BCUT2D eigenvalue weighted by atomic mass is 10.2. The van der Waals surface area contributed by atoms with E-state index in [2.05, 4.69) is 5.32 Å². The van der Waals surface area contributed by atoms with Gasteiger partial charge in [0.05, 0.1) is 0 Å². The van der Waals surface area contributed by atoms with Crippen LogP contribution in [0.2, 0.25) is 0 Å². The Bertz CT molecular complexity index is 231. The van der Waals surface area contributed by atoms with Crippen molar-refractivity contribution in [3.63, 3.8) is 0 Å². The maximum atomic E-state index is 11.5. The highest BCUT2D eigenvalue weighted by atomic mass is 16.4. The number of carbonyl (C=O) groups is 2. The number of carbonyl (C=O) groups excluding carboxylic acids is 1. The number of carboxylic acids is 1. The molecule has 5 nitrogen and oxygen atoms in total. The maximum Gasteiger partial charge on any atom is 0.317 e. The third kappa shape index (κ3) is 6.27. The predicted octanol–water partition coefficient (Wildman–Crippen LogP) is 1.68. The number of hydrogen-bond acceptors (Lipinski definition) is 2. The van der Waals surface area contributed by atoms with Gasteiger partial charge in [0.25, 0.3) is 0 Å². The van der Waals surface area contributed by atoms with Gasteiger partial charge in [-0.1, -0.05) is 6.92 Å². The maximum absolute atomic E-state index is 11.5. The van der Waals surface area contributed by atoms with Gasteiger partial charge in [-0.25, -0.2) is 4.79 Å². The Labute approximate surface area is 96.8 Å². The number of nitrogens with zero attached hydrogens (tertiary/aromatic N) is 1. The Hall–Kier alpha value is -1.26. The summed E-state index contributed by atoms with van der Waals surface area (Å²) >= 11 is 0. The van der Waals surface area contributed by atoms with E-state index in [0.717, 1.165) is 6.42 Å². The van der Waals surface area contributed by atoms with E-state index in [0.29, 0.717) is 19.4 Å². The Morgan fingerprint density at radius 2 is 2.00 bits per heavy atom. The molecule has 0 spiro atoms. The van der Waals surface area contributed by atoms with Crippen LogP contribution in [0.15, 0.2) is 0 Å². The lowest BCUT2D eigenvalue weighted by molar-refractivity contribution is -0.137. The lowest BCUT2D eigenvalue weighted by Crippen LogP contribution is -2.42. The monoisotopic (exact) mass is 230 g/mol. The second-order valence-electron chi connectivity index (χ2n) is 3.95. The first-order chi connectivity index (χ1) is 7.49. The van der Waals surface area contributed by atoms with Crippen molar-refractivity contribution in [2.24, 2.45) is 0 Å². The highest BCUT2D eigenvalue weighted by Crippen LogP contribution is 2.00. The molecule has 0 fully saturated rings. The summed E-state index contributed by atoms with van der Waals surface area (Å²) in [6, 6.07) is 0.128. The van der Waals surface area contributed by atoms with E-state index in [-0.39, 0.29) is 18.5 Å². The minimum absolute atomic E-state index is 0.0929. The first-order valence-electron chi connectivity index (χ1n) is 5.71. The standard InChI is InChI=1S/C11H22N2O3/c1-4-9(2)13(3)11(16)12-8-6-5-7-10(14)15/h9H,4-8H2,1-3H3,(H,12,16)(H,14,15). The van der Waals surface area contributed by atoms with E-state index in [1.165, 1.54) is 0 Å². The van der Waals surface area contributed by atoms with Gasteiger partial charge in [-0.05, 0) is 26.2 Å². The van der Waals surface area contributed by atoms with Crippen molar-refractivity contribution >= 4 is 12.0 Å². The van der Waals surface area contributed by atoms with Gasteiger partial charge >= 0.3 is 12.0 Å². The molecule has 0 aromatic carbocycles. The molecule has 0 bridgehead atoms. The van der Waals surface area contributed by atoms with E-state index >= 15 is 0 Å². The van der Waals surface area contributed by atoms with Crippen LogP contribution in [0.25, 0.3) is 0 Å². The SMILES string of the molecule is CCC(C)N(C)C(=O)NCCCCC(=O)O. The summed E-state index contributed by atoms with van der Waals surface area (Å²) in [6.45, 7) is 4.55. The molecule has 5 heteroatoms. The van der Waals surface area contributed by atoms with E-state index in [9.17, 15) is 9.59 Å². The van der Waals surface area contributed by atoms with E-state index in [4.69, 9.17) is 5.11 Å². The number of urea groups is 1. The first-order valence-corrected chi connectivity index (χ1v) is 5.71. The highest BCUT2D eigenvalue weighted by Gasteiger charge is 2.12. The Morgan fingerprint density at radius 3 is 2.50 bits per heavy atom. The highest BCUT2D eigenvalue weighted by molar-refractivity contribution is 5.74. The van der Waals surface area contributed by atoms with Gasteiger partial charge in [0.15, 0.2) is 0 Å². The van der Waals surface area contributed by atoms with Crippen LogP contribution in [0.3, 0.4) is 0 Å². The largest absolute Gasteiger partial charge is 0.481 e. The zero-order valence-electron chi connectivity index (χ0n) is 10.3. The van der Waals surface area contributed by atoms with E-state index < -0.39 is 5.97 Å².